The van der Waals surface area contributed by atoms with Crippen LogP contribution in [-0.2, 0) is 19.2 Å². The van der Waals surface area contributed by atoms with Crippen molar-refractivity contribution in [2.45, 2.75) is 53.1 Å². The molecule has 9 nitrogen and oxygen atoms in total. The van der Waals surface area contributed by atoms with Gasteiger partial charge in [0.05, 0.1) is 18.6 Å². The summed E-state index contributed by atoms with van der Waals surface area (Å²) < 4.78 is 0. The molecule has 0 bridgehead atoms. The van der Waals surface area contributed by atoms with Crippen molar-refractivity contribution >= 4 is 23.6 Å². The van der Waals surface area contributed by atoms with Crippen LogP contribution in [0.4, 0.5) is 0 Å². The molecule has 1 N–H and O–H groups in total. The summed E-state index contributed by atoms with van der Waals surface area (Å²) in [6.07, 6.45) is 0. The number of ketones is 1. The molecule has 0 aromatic carbocycles. The zero-order chi connectivity index (χ0) is 23.0. The van der Waals surface area contributed by atoms with Crippen LogP contribution in [0.2, 0.25) is 0 Å². The number of Topliss-reactive ketones (excluding diaryl/α,β-unsaturated/α-hetero) is 1. The number of amides is 2. The number of carboxylic acid groups (broad SMARTS) is 1. The predicted molar refractivity (Wildman–Crippen MR) is 116 cm³/mol. The Labute approximate surface area is 176 Å². The van der Waals surface area contributed by atoms with Crippen LogP contribution in [0.15, 0.2) is 0 Å². The fourth-order valence-corrected chi connectivity index (χ4v) is 1.76. The molecule has 0 aromatic heterocycles. The Hall–Kier alpha value is -2.00. The third kappa shape index (κ3) is 10.4. The average molecular weight is 419 g/mol. The number of nitrogens with zero attached hydrogens (tertiary/aromatic N) is 4. The highest BCUT2D eigenvalue weighted by Crippen LogP contribution is 2.14. The van der Waals surface area contributed by atoms with Crippen molar-refractivity contribution in [2.75, 3.05) is 55.4 Å². The zero-order valence-corrected chi connectivity index (χ0v) is 19.3. The molecule has 0 aliphatic rings. The summed E-state index contributed by atoms with van der Waals surface area (Å²) >= 11 is 0. The Morgan fingerprint density at radius 3 is 1.17 bits per heavy atom. The first-order chi connectivity index (χ1) is 12.4. The highest BCUT2D eigenvalue weighted by atomic mass is 16.4. The van der Waals surface area contributed by atoms with Gasteiger partial charge in [-0.1, -0.05) is 7.43 Å². The minimum atomic E-state index is -1.16. The van der Waals surface area contributed by atoms with Gasteiger partial charge in [0, 0.05) is 14.1 Å². The second-order valence-corrected chi connectivity index (χ2v) is 8.36. The lowest BCUT2D eigenvalue weighted by atomic mass is 9.98. The number of hydrogen-bond donors (Lipinski definition) is 1. The lowest BCUT2D eigenvalue weighted by molar-refractivity contribution is -0.155. The molecule has 0 aliphatic heterocycles. The van der Waals surface area contributed by atoms with Gasteiger partial charge in [0.1, 0.15) is 5.54 Å². The van der Waals surface area contributed by atoms with Crippen molar-refractivity contribution < 1.29 is 24.3 Å². The summed E-state index contributed by atoms with van der Waals surface area (Å²) in [5.41, 5.74) is -1.87. The standard InChI is InChI=1S/C10H20N2O2.C9H18N2O3.CH4/c1-8(13)10(2,3)12(6)9(14)7-11(4)5;1-9(2,8(13)14)11(5)7(12)6-10(3)4;/h7H2,1-6H3;6H2,1-5H3,(H,13,14);1H4. The Balaban J connectivity index is -0.000000451. The van der Waals surface area contributed by atoms with E-state index in [0.29, 0.717) is 6.54 Å². The van der Waals surface area contributed by atoms with E-state index in [1.807, 2.05) is 14.1 Å². The predicted octanol–water partition coefficient (Wildman–Crippen LogP) is 0.880. The van der Waals surface area contributed by atoms with Crippen LogP contribution in [0.1, 0.15) is 42.0 Å². The Kier molecular flexibility index (Phi) is 13.7. The minimum absolute atomic E-state index is 0. The monoisotopic (exact) mass is 418 g/mol. The highest BCUT2D eigenvalue weighted by molar-refractivity contribution is 5.91. The molecule has 0 saturated heterocycles. The number of likely N-dealkylation sites (N-methyl/N-ethyl adjacent to an activating group) is 4. The molecule has 29 heavy (non-hydrogen) atoms. The second-order valence-electron chi connectivity index (χ2n) is 8.36. The molecule has 172 valence electrons. The molecule has 0 fully saturated rings. The SMILES string of the molecule is C.CC(=O)C(C)(C)N(C)C(=O)CN(C)C.CN(C)CC(=O)N(C)C(C)(C)C(=O)O. The largest absolute Gasteiger partial charge is 0.480 e. The van der Waals surface area contributed by atoms with Crippen molar-refractivity contribution in [3.63, 3.8) is 0 Å². The fourth-order valence-electron chi connectivity index (χ4n) is 1.76. The number of carboxylic acids is 1. The van der Waals surface area contributed by atoms with Gasteiger partial charge in [0.25, 0.3) is 0 Å². The van der Waals surface area contributed by atoms with Crippen molar-refractivity contribution in [1.29, 1.82) is 0 Å². The maximum Gasteiger partial charge on any atom is 0.329 e. The maximum absolute atomic E-state index is 11.6. The van der Waals surface area contributed by atoms with Crippen LogP contribution < -0.4 is 0 Å². The van der Waals surface area contributed by atoms with Crippen molar-refractivity contribution in [3.05, 3.63) is 0 Å². The molecule has 0 rings (SSSR count). The summed E-state index contributed by atoms with van der Waals surface area (Å²) in [4.78, 5) is 51.5. The third-order valence-electron chi connectivity index (χ3n) is 4.71. The van der Waals surface area contributed by atoms with Gasteiger partial charge >= 0.3 is 5.97 Å². The molecule has 2 amide bonds. The summed E-state index contributed by atoms with van der Waals surface area (Å²) in [5, 5.41) is 8.89. The molecule has 0 aliphatic carbocycles. The van der Waals surface area contributed by atoms with Crippen LogP contribution in [0.3, 0.4) is 0 Å². The van der Waals surface area contributed by atoms with E-state index in [9.17, 15) is 19.2 Å². The molecule has 0 unspecified atom stereocenters. The molecular weight excluding hydrogens is 376 g/mol. The summed E-state index contributed by atoms with van der Waals surface area (Å²) in [6, 6.07) is 0. The Morgan fingerprint density at radius 1 is 0.690 bits per heavy atom. The first kappa shape index (κ1) is 31.7. The van der Waals surface area contributed by atoms with Gasteiger partial charge < -0.3 is 24.7 Å². The van der Waals surface area contributed by atoms with Gasteiger partial charge in [-0.3, -0.25) is 14.4 Å². The highest BCUT2D eigenvalue weighted by Gasteiger charge is 2.35. The fraction of sp³-hybridized carbons (Fsp3) is 0.800. The summed E-state index contributed by atoms with van der Waals surface area (Å²) in [5.74, 6) is -1.27. The molecule has 0 aromatic rings. The molecule has 0 heterocycles. The lowest BCUT2D eigenvalue weighted by Crippen LogP contribution is -2.52. The molecular formula is C20H42N4O5. The van der Waals surface area contributed by atoms with Crippen molar-refractivity contribution in [1.82, 2.24) is 19.6 Å². The van der Waals surface area contributed by atoms with E-state index in [1.165, 1.54) is 37.6 Å². The van der Waals surface area contributed by atoms with Gasteiger partial charge in [0.2, 0.25) is 11.8 Å². The topological polar surface area (TPSA) is 101 Å². The molecule has 9 heteroatoms. The Bertz CT molecular complexity index is 521. The third-order valence-corrected chi connectivity index (χ3v) is 4.71. The summed E-state index contributed by atoms with van der Waals surface area (Å²) in [7, 11) is 10.3. The van der Waals surface area contributed by atoms with E-state index < -0.39 is 17.0 Å². The maximum atomic E-state index is 11.6. The van der Waals surface area contributed by atoms with Crippen LogP contribution in [0, 0.1) is 0 Å². The van der Waals surface area contributed by atoms with Crippen LogP contribution in [0.5, 0.6) is 0 Å². The molecule has 0 atom stereocenters. The molecule has 0 saturated carbocycles. The first-order valence-corrected chi connectivity index (χ1v) is 8.96. The number of hydrogen-bond acceptors (Lipinski definition) is 6. The number of aliphatic carboxylic acids is 1. The van der Waals surface area contributed by atoms with Gasteiger partial charge in [-0.05, 0) is 62.8 Å². The van der Waals surface area contributed by atoms with Crippen LogP contribution in [0.25, 0.3) is 0 Å². The van der Waals surface area contributed by atoms with Crippen molar-refractivity contribution in [3.8, 4) is 0 Å². The normalized spacial score (nSPS) is 11.2. The minimum Gasteiger partial charge on any atom is -0.480 e. The molecule has 0 radical (unpaired) electrons. The van der Waals surface area contributed by atoms with Gasteiger partial charge in [-0.2, -0.15) is 0 Å². The van der Waals surface area contributed by atoms with E-state index in [2.05, 4.69) is 0 Å². The van der Waals surface area contributed by atoms with Gasteiger partial charge in [-0.15, -0.1) is 0 Å². The van der Waals surface area contributed by atoms with E-state index in [0.717, 1.165) is 0 Å². The second kappa shape index (κ2) is 12.5. The van der Waals surface area contributed by atoms with E-state index in [-0.39, 0.29) is 31.6 Å². The van der Waals surface area contributed by atoms with E-state index in [4.69, 9.17) is 5.11 Å². The number of rotatable bonds is 8. The quantitative estimate of drug-likeness (QED) is 0.624. The smallest absolute Gasteiger partial charge is 0.329 e. The average Bonchev–Trinajstić information content (AvgIpc) is 2.52. The van der Waals surface area contributed by atoms with Crippen LogP contribution in [-0.4, -0.2) is 115 Å². The van der Waals surface area contributed by atoms with E-state index >= 15 is 0 Å². The first-order valence-electron chi connectivity index (χ1n) is 8.96. The lowest BCUT2D eigenvalue weighted by Gasteiger charge is -2.34. The molecule has 0 spiro atoms. The number of carbonyl (C=O) groups is 4. The summed E-state index contributed by atoms with van der Waals surface area (Å²) in [6.45, 7) is 8.55. The number of carbonyl (C=O) groups excluding carboxylic acids is 3. The van der Waals surface area contributed by atoms with Crippen molar-refractivity contribution in [2.24, 2.45) is 0 Å². The Morgan fingerprint density at radius 2 is 0.966 bits per heavy atom. The van der Waals surface area contributed by atoms with Crippen LogP contribution >= 0.6 is 0 Å². The van der Waals surface area contributed by atoms with Gasteiger partial charge in [-0.25, -0.2) is 4.79 Å². The van der Waals surface area contributed by atoms with E-state index in [1.54, 1.807) is 44.8 Å². The zero-order valence-electron chi connectivity index (χ0n) is 19.3. The van der Waals surface area contributed by atoms with Gasteiger partial charge in [0.15, 0.2) is 5.78 Å².